The maximum absolute atomic E-state index is 11.4. The molecule has 3 rings (SSSR count). The van der Waals surface area contributed by atoms with Crippen LogP contribution in [0.25, 0.3) is 0 Å². The Bertz CT molecular complexity index is 702. The van der Waals surface area contributed by atoms with E-state index in [1.54, 1.807) is 24.3 Å². The van der Waals surface area contributed by atoms with E-state index in [1.165, 1.54) is 6.33 Å². The van der Waals surface area contributed by atoms with Gasteiger partial charge in [-0.2, -0.15) is 0 Å². The number of para-hydroxylation sites is 2. The third kappa shape index (κ3) is 3.09. The van der Waals surface area contributed by atoms with E-state index in [0.717, 1.165) is 0 Å². The van der Waals surface area contributed by atoms with Gasteiger partial charge in [-0.05, 0) is 24.3 Å². The zero-order chi connectivity index (χ0) is 15.2. The molecule has 0 saturated carbocycles. The van der Waals surface area contributed by atoms with Crippen LogP contribution in [0.5, 0.6) is 23.3 Å². The Hall–Kier alpha value is -3.21. The molecular formula is C17H12N2O3. The summed E-state index contributed by atoms with van der Waals surface area (Å²) in [7, 11) is 0. The monoisotopic (exact) mass is 292 g/mol. The van der Waals surface area contributed by atoms with E-state index < -0.39 is 0 Å². The normalized spacial score (nSPS) is 10.0. The molecule has 0 radical (unpaired) electrons. The van der Waals surface area contributed by atoms with E-state index in [2.05, 4.69) is 9.97 Å². The van der Waals surface area contributed by atoms with Crippen LogP contribution < -0.4 is 9.47 Å². The van der Waals surface area contributed by atoms with Gasteiger partial charge in [-0.15, -0.1) is 0 Å². The SMILES string of the molecule is O=Cc1c(Oc2ccccc2)ncnc1Oc1ccccc1. The van der Waals surface area contributed by atoms with Gasteiger partial charge in [0.05, 0.1) is 0 Å². The number of hydrogen-bond donors (Lipinski definition) is 0. The molecule has 5 heteroatoms. The zero-order valence-corrected chi connectivity index (χ0v) is 11.5. The first kappa shape index (κ1) is 13.8. The highest BCUT2D eigenvalue weighted by Crippen LogP contribution is 2.29. The second-order valence-corrected chi connectivity index (χ2v) is 4.35. The second kappa shape index (κ2) is 6.49. The van der Waals surface area contributed by atoms with Crippen molar-refractivity contribution in [3.05, 3.63) is 72.6 Å². The van der Waals surface area contributed by atoms with Gasteiger partial charge in [-0.25, -0.2) is 9.97 Å². The molecule has 0 atom stereocenters. The van der Waals surface area contributed by atoms with E-state index in [-0.39, 0.29) is 17.3 Å². The van der Waals surface area contributed by atoms with Crippen molar-refractivity contribution in [2.75, 3.05) is 0 Å². The molecule has 0 bridgehead atoms. The van der Waals surface area contributed by atoms with Crippen LogP contribution in [0.15, 0.2) is 67.0 Å². The minimum absolute atomic E-state index is 0.155. The fourth-order valence-corrected chi connectivity index (χ4v) is 1.83. The molecule has 3 aromatic rings. The van der Waals surface area contributed by atoms with Gasteiger partial charge in [-0.1, -0.05) is 36.4 Å². The number of nitrogens with zero attached hydrogens (tertiary/aromatic N) is 2. The molecule has 1 heterocycles. The Kier molecular flexibility index (Phi) is 4.06. The van der Waals surface area contributed by atoms with Gasteiger partial charge >= 0.3 is 0 Å². The third-order valence-electron chi connectivity index (χ3n) is 2.84. The predicted octanol–water partition coefficient (Wildman–Crippen LogP) is 3.87. The number of aromatic nitrogens is 2. The fraction of sp³-hybridized carbons (Fsp3) is 0. The lowest BCUT2D eigenvalue weighted by Crippen LogP contribution is -1.99. The van der Waals surface area contributed by atoms with Crippen molar-refractivity contribution in [2.24, 2.45) is 0 Å². The van der Waals surface area contributed by atoms with Crippen LogP contribution in [0.2, 0.25) is 0 Å². The molecule has 2 aromatic carbocycles. The van der Waals surface area contributed by atoms with Gasteiger partial charge in [0.25, 0.3) is 0 Å². The predicted molar refractivity (Wildman–Crippen MR) is 80.5 cm³/mol. The van der Waals surface area contributed by atoms with E-state index in [9.17, 15) is 4.79 Å². The van der Waals surface area contributed by atoms with Crippen molar-refractivity contribution in [3.8, 4) is 23.3 Å². The molecule has 0 saturated heterocycles. The lowest BCUT2D eigenvalue weighted by Gasteiger charge is -2.10. The van der Waals surface area contributed by atoms with Gasteiger partial charge in [0.1, 0.15) is 23.4 Å². The van der Waals surface area contributed by atoms with E-state index in [1.807, 2.05) is 36.4 Å². The Morgan fingerprint density at radius 2 is 1.18 bits per heavy atom. The van der Waals surface area contributed by atoms with Crippen LogP contribution in [0.3, 0.4) is 0 Å². The number of carbonyl (C=O) groups is 1. The topological polar surface area (TPSA) is 61.3 Å². The highest BCUT2D eigenvalue weighted by molar-refractivity contribution is 5.81. The number of hydrogen-bond acceptors (Lipinski definition) is 5. The fourth-order valence-electron chi connectivity index (χ4n) is 1.83. The molecule has 1 aromatic heterocycles. The van der Waals surface area contributed by atoms with Crippen LogP contribution >= 0.6 is 0 Å². The van der Waals surface area contributed by atoms with Crippen LogP contribution in [0, 0.1) is 0 Å². The Labute approximate surface area is 127 Å². The first-order valence-electron chi connectivity index (χ1n) is 6.63. The summed E-state index contributed by atoms with van der Waals surface area (Å²) in [6.45, 7) is 0. The average Bonchev–Trinajstić information content (AvgIpc) is 2.57. The number of rotatable bonds is 5. The van der Waals surface area contributed by atoms with Crippen LogP contribution in [-0.4, -0.2) is 16.3 Å². The summed E-state index contributed by atoms with van der Waals surface area (Å²) in [5.41, 5.74) is 0.162. The number of ether oxygens (including phenoxy) is 2. The molecular weight excluding hydrogens is 280 g/mol. The first-order valence-corrected chi connectivity index (χ1v) is 6.63. The smallest absolute Gasteiger partial charge is 0.236 e. The maximum atomic E-state index is 11.4. The first-order chi connectivity index (χ1) is 10.9. The summed E-state index contributed by atoms with van der Waals surface area (Å²) in [5, 5.41) is 0. The standard InChI is InChI=1S/C17H12N2O3/c20-11-15-16(21-13-7-3-1-4-8-13)18-12-19-17(15)22-14-9-5-2-6-10-14/h1-12H. The van der Waals surface area contributed by atoms with E-state index >= 15 is 0 Å². The largest absolute Gasteiger partial charge is 0.438 e. The summed E-state index contributed by atoms with van der Waals surface area (Å²) < 4.78 is 11.2. The van der Waals surface area contributed by atoms with E-state index in [0.29, 0.717) is 17.8 Å². The highest BCUT2D eigenvalue weighted by Gasteiger charge is 2.15. The van der Waals surface area contributed by atoms with Crippen molar-refractivity contribution in [3.63, 3.8) is 0 Å². The third-order valence-corrected chi connectivity index (χ3v) is 2.84. The van der Waals surface area contributed by atoms with Gasteiger partial charge in [0, 0.05) is 0 Å². The molecule has 0 aliphatic rings. The summed E-state index contributed by atoms with van der Waals surface area (Å²) in [6, 6.07) is 18.2. The summed E-state index contributed by atoms with van der Waals surface area (Å²) in [4.78, 5) is 19.4. The second-order valence-electron chi connectivity index (χ2n) is 4.35. The van der Waals surface area contributed by atoms with Crippen LogP contribution in [0.4, 0.5) is 0 Å². The Morgan fingerprint density at radius 1 is 0.727 bits per heavy atom. The minimum atomic E-state index is 0.155. The number of benzene rings is 2. The maximum Gasteiger partial charge on any atom is 0.236 e. The van der Waals surface area contributed by atoms with Gasteiger partial charge < -0.3 is 9.47 Å². The van der Waals surface area contributed by atoms with Gasteiger partial charge in [0.15, 0.2) is 6.29 Å². The molecule has 5 nitrogen and oxygen atoms in total. The molecule has 0 N–H and O–H groups in total. The lowest BCUT2D eigenvalue weighted by molar-refractivity contribution is 0.111. The molecule has 22 heavy (non-hydrogen) atoms. The van der Waals surface area contributed by atoms with Crippen molar-refractivity contribution in [2.45, 2.75) is 0 Å². The molecule has 108 valence electrons. The molecule has 0 aliphatic carbocycles. The number of aldehydes is 1. The summed E-state index contributed by atoms with van der Waals surface area (Å²) >= 11 is 0. The lowest BCUT2D eigenvalue weighted by atomic mass is 10.3. The van der Waals surface area contributed by atoms with Gasteiger partial charge in [-0.3, -0.25) is 4.79 Å². The summed E-state index contributed by atoms with van der Waals surface area (Å²) in [5.74, 6) is 1.47. The quantitative estimate of drug-likeness (QED) is 0.668. The minimum Gasteiger partial charge on any atom is -0.438 e. The van der Waals surface area contributed by atoms with Crippen molar-refractivity contribution >= 4 is 6.29 Å². The van der Waals surface area contributed by atoms with Gasteiger partial charge in [0.2, 0.25) is 11.8 Å². The van der Waals surface area contributed by atoms with Crippen molar-refractivity contribution in [1.29, 1.82) is 0 Å². The highest BCUT2D eigenvalue weighted by atomic mass is 16.5. The average molecular weight is 292 g/mol. The molecule has 0 fully saturated rings. The Balaban J connectivity index is 1.92. The number of carbonyl (C=O) groups excluding carboxylic acids is 1. The zero-order valence-electron chi connectivity index (χ0n) is 11.5. The molecule has 0 spiro atoms. The van der Waals surface area contributed by atoms with Crippen molar-refractivity contribution in [1.82, 2.24) is 9.97 Å². The van der Waals surface area contributed by atoms with Crippen LogP contribution in [-0.2, 0) is 0 Å². The summed E-state index contributed by atoms with van der Waals surface area (Å²) in [6.07, 6.45) is 1.92. The van der Waals surface area contributed by atoms with Crippen LogP contribution in [0.1, 0.15) is 10.4 Å². The molecule has 0 amide bonds. The molecule has 0 aliphatic heterocycles. The van der Waals surface area contributed by atoms with Crippen molar-refractivity contribution < 1.29 is 14.3 Å². The van der Waals surface area contributed by atoms with E-state index in [4.69, 9.17) is 9.47 Å². The molecule has 0 unspecified atom stereocenters. The Morgan fingerprint density at radius 3 is 1.59 bits per heavy atom.